The summed E-state index contributed by atoms with van der Waals surface area (Å²) >= 11 is 0. The number of rotatable bonds is 13. The van der Waals surface area contributed by atoms with Crippen LogP contribution in [0.2, 0.25) is 0 Å². The van der Waals surface area contributed by atoms with Crippen LogP contribution in [0.4, 0.5) is 4.79 Å². The van der Waals surface area contributed by atoms with Gasteiger partial charge in [-0.15, -0.1) is 0 Å². The minimum Gasteiger partial charge on any atom is -0.446 e. The van der Waals surface area contributed by atoms with Crippen LogP contribution < -0.4 is 5.32 Å². The maximum Gasteiger partial charge on any atom is 0.407 e. The summed E-state index contributed by atoms with van der Waals surface area (Å²) in [6, 6.07) is 0. The molecular weight excluding hydrogens is 504 g/mol. The van der Waals surface area contributed by atoms with Crippen molar-refractivity contribution in [1.29, 1.82) is 0 Å². The van der Waals surface area contributed by atoms with Crippen LogP contribution in [0.15, 0.2) is 11.6 Å². The Morgan fingerprint density at radius 3 is 2.44 bits per heavy atom. The lowest BCUT2D eigenvalue weighted by Crippen LogP contribution is -2.51. The summed E-state index contributed by atoms with van der Waals surface area (Å²) in [6.45, 7) is 23.0. The molecule has 3 saturated carbocycles. The van der Waals surface area contributed by atoms with Crippen molar-refractivity contribution in [3.05, 3.63) is 11.6 Å². The third-order valence-corrected chi connectivity index (χ3v) is 13.3. The number of ether oxygens (including phenoxy) is 1. The van der Waals surface area contributed by atoms with Gasteiger partial charge < -0.3 is 15.0 Å². The Kier molecular flexibility index (Phi) is 11.4. The number of amides is 1. The highest BCUT2D eigenvalue weighted by Crippen LogP contribution is 2.67. The highest BCUT2D eigenvalue weighted by Gasteiger charge is 2.59. The van der Waals surface area contributed by atoms with E-state index in [4.69, 9.17) is 4.74 Å². The Balaban J connectivity index is 1.34. The average Bonchev–Trinajstić information content (AvgIpc) is 3.30. The number of nitrogens with zero attached hydrogens (tertiary/aromatic N) is 1. The van der Waals surface area contributed by atoms with E-state index in [1.807, 2.05) is 0 Å². The first kappa shape index (κ1) is 32.9. The minimum absolute atomic E-state index is 0.0345. The van der Waals surface area contributed by atoms with E-state index in [0.29, 0.717) is 17.4 Å². The van der Waals surface area contributed by atoms with Crippen LogP contribution in [0.3, 0.4) is 0 Å². The van der Waals surface area contributed by atoms with E-state index in [1.165, 1.54) is 64.2 Å². The van der Waals surface area contributed by atoms with Crippen LogP contribution in [0.25, 0.3) is 0 Å². The molecule has 1 amide bonds. The molecule has 0 spiro atoms. The standard InChI is InChI=1S/C37H66N2O2/c1-9-12-28(26(4)5)14-13-27(6)32-17-18-33-31-16-15-29-25-30(41-35(40)38-23-24-39(10-2)11-3)19-21-36(29,7)34(31)20-22-37(32,33)8/h15,26-28,30-34H,9-14,16-25H2,1-8H3,(H,38,40)/t27-,28-,30+,31+,32-,33+,34+,36+,37-/m1/s1. The summed E-state index contributed by atoms with van der Waals surface area (Å²) in [5.41, 5.74) is 2.44. The lowest BCUT2D eigenvalue weighted by atomic mass is 9.47. The maximum atomic E-state index is 12.6. The van der Waals surface area contributed by atoms with Gasteiger partial charge in [-0.1, -0.05) is 86.3 Å². The van der Waals surface area contributed by atoms with Gasteiger partial charge in [0.25, 0.3) is 0 Å². The van der Waals surface area contributed by atoms with E-state index < -0.39 is 0 Å². The predicted octanol–water partition coefficient (Wildman–Crippen LogP) is 9.49. The van der Waals surface area contributed by atoms with Crippen LogP contribution in [-0.2, 0) is 4.74 Å². The highest BCUT2D eigenvalue weighted by molar-refractivity contribution is 5.67. The van der Waals surface area contributed by atoms with E-state index in [-0.39, 0.29) is 12.2 Å². The molecule has 9 atom stereocenters. The van der Waals surface area contributed by atoms with Crippen LogP contribution in [0.1, 0.15) is 132 Å². The average molecular weight is 571 g/mol. The molecule has 4 aliphatic rings. The minimum atomic E-state index is -0.228. The Morgan fingerprint density at radius 1 is 1.00 bits per heavy atom. The second kappa shape index (κ2) is 14.2. The van der Waals surface area contributed by atoms with Crippen molar-refractivity contribution in [3.63, 3.8) is 0 Å². The number of hydrogen-bond acceptors (Lipinski definition) is 3. The van der Waals surface area contributed by atoms with E-state index in [9.17, 15) is 4.79 Å². The quantitative estimate of drug-likeness (QED) is 0.224. The molecular formula is C37H66N2O2. The zero-order valence-electron chi connectivity index (χ0n) is 28.3. The predicted molar refractivity (Wildman–Crippen MR) is 173 cm³/mol. The number of fused-ring (bicyclic) bond motifs is 5. The summed E-state index contributed by atoms with van der Waals surface area (Å²) < 4.78 is 5.96. The number of carbonyl (C=O) groups is 1. The van der Waals surface area contributed by atoms with Crippen LogP contribution >= 0.6 is 0 Å². The first-order valence-electron chi connectivity index (χ1n) is 17.9. The summed E-state index contributed by atoms with van der Waals surface area (Å²) in [6.07, 6.45) is 18.1. The molecule has 4 nitrogen and oxygen atoms in total. The zero-order valence-corrected chi connectivity index (χ0v) is 28.3. The molecule has 4 rings (SSSR count). The van der Waals surface area contributed by atoms with Crippen LogP contribution in [0.5, 0.6) is 0 Å². The SMILES string of the molecule is CCC[C@H](CC[C@@H](C)[C@H]1CC[C@H]2[C@@H]3CC=C4C[C@@H](OC(=O)NCCN(CC)CC)CC[C@]4(C)[C@H]3CC[C@]12C)C(C)C. The van der Waals surface area contributed by atoms with Gasteiger partial charge in [0, 0.05) is 19.5 Å². The van der Waals surface area contributed by atoms with Gasteiger partial charge >= 0.3 is 6.09 Å². The van der Waals surface area contributed by atoms with Crippen molar-refractivity contribution in [2.45, 2.75) is 139 Å². The van der Waals surface area contributed by atoms with E-state index >= 15 is 0 Å². The lowest BCUT2D eigenvalue weighted by Gasteiger charge is -2.58. The number of alkyl carbamates (subject to hydrolysis) is 1. The topological polar surface area (TPSA) is 41.6 Å². The molecule has 0 bridgehead atoms. The van der Waals surface area contributed by atoms with Crippen molar-refractivity contribution in [2.75, 3.05) is 26.2 Å². The normalized spacial score (nSPS) is 36.2. The van der Waals surface area contributed by atoms with Crippen molar-refractivity contribution in [1.82, 2.24) is 10.2 Å². The smallest absolute Gasteiger partial charge is 0.407 e. The summed E-state index contributed by atoms with van der Waals surface area (Å²) in [5.74, 6) is 6.05. The van der Waals surface area contributed by atoms with Crippen molar-refractivity contribution >= 4 is 6.09 Å². The van der Waals surface area contributed by atoms with Gasteiger partial charge in [-0.2, -0.15) is 0 Å². The number of hydrogen-bond donors (Lipinski definition) is 1. The van der Waals surface area contributed by atoms with E-state index in [0.717, 1.165) is 73.9 Å². The van der Waals surface area contributed by atoms with Gasteiger partial charge in [0.05, 0.1) is 0 Å². The lowest BCUT2D eigenvalue weighted by molar-refractivity contribution is -0.0583. The molecule has 236 valence electrons. The molecule has 0 aliphatic heterocycles. The monoisotopic (exact) mass is 571 g/mol. The van der Waals surface area contributed by atoms with Gasteiger partial charge in [0.1, 0.15) is 6.10 Å². The van der Waals surface area contributed by atoms with Crippen molar-refractivity contribution in [3.8, 4) is 0 Å². The fourth-order valence-corrected chi connectivity index (χ4v) is 10.6. The van der Waals surface area contributed by atoms with Crippen LogP contribution in [0, 0.1) is 52.3 Å². The van der Waals surface area contributed by atoms with Crippen LogP contribution in [-0.4, -0.2) is 43.3 Å². The number of nitrogens with one attached hydrogen (secondary N) is 1. The zero-order chi connectivity index (χ0) is 29.8. The van der Waals surface area contributed by atoms with E-state index in [1.54, 1.807) is 5.57 Å². The fourth-order valence-electron chi connectivity index (χ4n) is 10.6. The van der Waals surface area contributed by atoms with Gasteiger partial charge in [-0.3, -0.25) is 0 Å². The summed E-state index contributed by atoms with van der Waals surface area (Å²) in [7, 11) is 0. The third-order valence-electron chi connectivity index (χ3n) is 13.3. The third kappa shape index (κ3) is 7.04. The van der Waals surface area contributed by atoms with Crippen molar-refractivity contribution < 1.29 is 9.53 Å². The number of carbonyl (C=O) groups excluding carboxylic acids is 1. The number of likely N-dealkylation sites (N-methyl/N-ethyl adjacent to an activating group) is 1. The molecule has 0 aromatic carbocycles. The fraction of sp³-hybridized carbons (Fsp3) is 0.919. The molecule has 0 unspecified atom stereocenters. The Hall–Kier alpha value is -1.03. The molecule has 0 saturated heterocycles. The second-order valence-corrected chi connectivity index (χ2v) is 15.6. The van der Waals surface area contributed by atoms with Gasteiger partial charge in [-0.05, 0) is 117 Å². The molecule has 4 heteroatoms. The first-order chi connectivity index (χ1) is 19.6. The molecule has 0 aromatic heterocycles. The van der Waals surface area contributed by atoms with Gasteiger partial charge in [0.2, 0.25) is 0 Å². The second-order valence-electron chi connectivity index (χ2n) is 15.6. The highest BCUT2D eigenvalue weighted by atomic mass is 16.6. The number of allylic oxidation sites excluding steroid dienone is 1. The summed E-state index contributed by atoms with van der Waals surface area (Å²) in [5, 5.41) is 3.00. The molecule has 3 fully saturated rings. The van der Waals surface area contributed by atoms with E-state index in [2.05, 4.69) is 71.7 Å². The van der Waals surface area contributed by atoms with Gasteiger partial charge in [-0.25, -0.2) is 4.79 Å². The first-order valence-corrected chi connectivity index (χ1v) is 17.9. The Bertz CT molecular complexity index is 880. The van der Waals surface area contributed by atoms with Gasteiger partial charge in [0.15, 0.2) is 0 Å². The molecule has 4 aliphatic carbocycles. The molecule has 0 aromatic rings. The molecule has 1 N–H and O–H groups in total. The molecule has 0 heterocycles. The largest absolute Gasteiger partial charge is 0.446 e. The molecule has 0 radical (unpaired) electrons. The molecule has 41 heavy (non-hydrogen) atoms. The maximum absolute atomic E-state index is 12.6. The Morgan fingerprint density at radius 2 is 1.76 bits per heavy atom. The van der Waals surface area contributed by atoms with Crippen molar-refractivity contribution in [2.24, 2.45) is 52.3 Å². The Labute approximate surface area is 254 Å². The summed E-state index contributed by atoms with van der Waals surface area (Å²) in [4.78, 5) is 14.9.